The normalized spacial score (nSPS) is 12.7. The predicted molar refractivity (Wildman–Crippen MR) is 85.7 cm³/mol. The first kappa shape index (κ1) is 15.0. The fourth-order valence-corrected chi connectivity index (χ4v) is 3.22. The van der Waals surface area contributed by atoms with E-state index in [1.54, 1.807) is 0 Å². The molecule has 102 valence electrons. The number of nitrogens with zero attached hydrogens (tertiary/aromatic N) is 2. The zero-order valence-electron chi connectivity index (χ0n) is 10.6. The summed E-state index contributed by atoms with van der Waals surface area (Å²) in [5.41, 5.74) is 2.10. The van der Waals surface area contributed by atoms with E-state index in [-0.39, 0.29) is 6.04 Å². The van der Waals surface area contributed by atoms with Crippen molar-refractivity contribution in [3.63, 3.8) is 0 Å². The Morgan fingerprint density at radius 1 is 1.42 bits per heavy atom. The van der Waals surface area contributed by atoms with E-state index in [0.29, 0.717) is 0 Å². The van der Waals surface area contributed by atoms with E-state index in [1.165, 1.54) is 0 Å². The minimum absolute atomic E-state index is 0.0122. The molecular weight excluding hydrogens is 393 g/mol. The summed E-state index contributed by atoms with van der Waals surface area (Å²) in [5, 5.41) is 8.40. The first-order valence-corrected chi connectivity index (χ1v) is 7.88. The van der Waals surface area contributed by atoms with Crippen LogP contribution in [0.2, 0.25) is 5.02 Å². The van der Waals surface area contributed by atoms with Crippen LogP contribution in [0, 0.1) is 0 Å². The summed E-state index contributed by atoms with van der Waals surface area (Å²) in [4.78, 5) is 0. The van der Waals surface area contributed by atoms with E-state index < -0.39 is 0 Å². The van der Waals surface area contributed by atoms with Crippen LogP contribution in [0.4, 0.5) is 0 Å². The summed E-state index contributed by atoms with van der Waals surface area (Å²) < 4.78 is 3.94. The van der Waals surface area contributed by atoms with E-state index in [0.717, 1.165) is 31.8 Å². The van der Waals surface area contributed by atoms with E-state index in [2.05, 4.69) is 49.2 Å². The van der Waals surface area contributed by atoms with Gasteiger partial charge in [-0.2, -0.15) is 5.10 Å². The zero-order valence-corrected chi connectivity index (χ0v) is 14.6. The molecule has 0 bridgehead atoms. The van der Waals surface area contributed by atoms with E-state index in [1.807, 2.05) is 36.1 Å². The van der Waals surface area contributed by atoms with Crippen molar-refractivity contribution < 1.29 is 0 Å². The van der Waals surface area contributed by atoms with Gasteiger partial charge in [0.05, 0.1) is 22.4 Å². The summed E-state index contributed by atoms with van der Waals surface area (Å²) in [7, 11) is 1.92. The fourth-order valence-electron chi connectivity index (χ4n) is 2.09. The zero-order chi connectivity index (χ0) is 14.0. The molecule has 2 aromatic rings. The number of nitrogens with one attached hydrogen (secondary N) is 1. The molecular formula is C13H14Br2ClN3. The smallest absolute Gasteiger partial charge is 0.0772 e. The second kappa shape index (κ2) is 6.39. The predicted octanol–water partition coefficient (Wildman–Crippen LogP) is 4.39. The van der Waals surface area contributed by atoms with Crippen molar-refractivity contribution in [2.24, 2.45) is 0 Å². The lowest BCUT2D eigenvalue weighted by atomic mass is 10.0. The Morgan fingerprint density at radius 3 is 2.79 bits per heavy atom. The molecule has 1 unspecified atom stereocenters. The fraction of sp³-hybridized carbons (Fsp3) is 0.308. The van der Waals surface area contributed by atoms with Gasteiger partial charge in [-0.3, -0.25) is 4.68 Å². The summed E-state index contributed by atoms with van der Waals surface area (Å²) in [5.74, 6) is 0. The molecule has 0 fully saturated rings. The molecule has 1 aromatic heterocycles. The van der Waals surface area contributed by atoms with Crippen molar-refractivity contribution in [2.75, 3.05) is 7.05 Å². The van der Waals surface area contributed by atoms with Gasteiger partial charge >= 0.3 is 0 Å². The van der Waals surface area contributed by atoms with Crippen molar-refractivity contribution in [3.05, 3.63) is 49.6 Å². The van der Waals surface area contributed by atoms with Crippen molar-refractivity contribution in [2.45, 2.75) is 19.5 Å². The van der Waals surface area contributed by atoms with Crippen LogP contribution in [0.5, 0.6) is 0 Å². The third kappa shape index (κ3) is 3.05. The first-order valence-electron chi connectivity index (χ1n) is 5.91. The van der Waals surface area contributed by atoms with Gasteiger partial charge in [-0.1, -0.05) is 27.5 Å². The molecule has 2 rings (SSSR count). The van der Waals surface area contributed by atoms with Crippen LogP contribution in [-0.2, 0) is 6.54 Å². The molecule has 1 N–H and O–H groups in total. The SMILES string of the molecule is CCn1ncc(Br)c1C(NC)c1cc(Br)ccc1Cl. The summed E-state index contributed by atoms with van der Waals surface area (Å²) in [6.45, 7) is 2.88. The van der Waals surface area contributed by atoms with Crippen molar-refractivity contribution in [3.8, 4) is 0 Å². The van der Waals surface area contributed by atoms with Gasteiger partial charge in [0.2, 0.25) is 0 Å². The monoisotopic (exact) mass is 405 g/mol. The number of hydrogen-bond donors (Lipinski definition) is 1. The van der Waals surface area contributed by atoms with Crippen LogP contribution >= 0.6 is 43.5 Å². The van der Waals surface area contributed by atoms with Crippen LogP contribution < -0.4 is 5.32 Å². The van der Waals surface area contributed by atoms with Gasteiger partial charge in [0.1, 0.15) is 0 Å². The maximum absolute atomic E-state index is 6.33. The van der Waals surface area contributed by atoms with E-state index >= 15 is 0 Å². The summed E-state index contributed by atoms with van der Waals surface area (Å²) >= 11 is 13.4. The topological polar surface area (TPSA) is 29.9 Å². The van der Waals surface area contributed by atoms with Crippen LogP contribution in [0.25, 0.3) is 0 Å². The summed E-state index contributed by atoms with van der Waals surface area (Å²) in [6.07, 6.45) is 1.81. The number of hydrogen-bond acceptors (Lipinski definition) is 2. The van der Waals surface area contributed by atoms with E-state index in [9.17, 15) is 0 Å². The van der Waals surface area contributed by atoms with Gasteiger partial charge in [-0.05, 0) is 53.7 Å². The van der Waals surface area contributed by atoms with E-state index in [4.69, 9.17) is 11.6 Å². The molecule has 1 heterocycles. The Hall–Kier alpha value is -0.360. The number of benzene rings is 1. The highest BCUT2D eigenvalue weighted by Gasteiger charge is 2.22. The Labute approximate surface area is 134 Å². The number of rotatable bonds is 4. The molecule has 0 aliphatic rings. The molecule has 0 aliphatic heterocycles. The quantitative estimate of drug-likeness (QED) is 0.815. The lowest BCUT2D eigenvalue weighted by Crippen LogP contribution is -2.22. The van der Waals surface area contributed by atoms with Gasteiger partial charge in [0.15, 0.2) is 0 Å². The van der Waals surface area contributed by atoms with Crippen molar-refractivity contribution in [1.82, 2.24) is 15.1 Å². The average Bonchev–Trinajstić information content (AvgIpc) is 2.76. The lowest BCUT2D eigenvalue weighted by molar-refractivity contribution is 0.561. The Bertz CT molecular complexity index is 583. The number of halogens is 3. The van der Waals surface area contributed by atoms with Crippen molar-refractivity contribution >= 4 is 43.5 Å². The molecule has 0 radical (unpaired) electrons. The van der Waals surface area contributed by atoms with Gasteiger partial charge in [-0.15, -0.1) is 0 Å². The molecule has 0 amide bonds. The highest BCUT2D eigenvalue weighted by molar-refractivity contribution is 9.10. The van der Waals surface area contributed by atoms with Crippen LogP contribution in [-0.4, -0.2) is 16.8 Å². The highest BCUT2D eigenvalue weighted by atomic mass is 79.9. The third-order valence-corrected chi connectivity index (χ3v) is 4.41. The first-order chi connectivity index (χ1) is 9.08. The lowest BCUT2D eigenvalue weighted by Gasteiger charge is -2.20. The highest BCUT2D eigenvalue weighted by Crippen LogP contribution is 2.33. The molecule has 0 aliphatic carbocycles. The molecule has 1 atom stereocenters. The van der Waals surface area contributed by atoms with Gasteiger partial charge in [0, 0.05) is 16.0 Å². The maximum Gasteiger partial charge on any atom is 0.0772 e. The largest absolute Gasteiger partial charge is 0.308 e. The standard InChI is InChI=1S/C13H14Br2ClN3/c1-3-19-13(10(15)7-18-19)12(17-2)9-6-8(14)4-5-11(9)16/h4-7,12,17H,3H2,1-2H3. The maximum atomic E-state index is 6.33. The average molecular weight is 408 g/mol. The second-order valence-corrected chi connectivity index (χ2v) is 6.26. The molecule has 0 saturated carbocycles. The van der Waals surface area contributed by atoms with Crippen LogP contribution in [0.3, 0.4) is 0 Å². The Balaban J connectivity index is 2.56. The minimum atomic E-state index is -0.0122. The number of aryl methyl sites for hydroxylation is 1. The van der Waals surface area contributed by atoms with Crippen LogP contribution in [0.1, 0.15) is 24.2 Å². The molecule has 19 heavy (non-hydrogen) atoms. The molecule has 6 heteroatoms. The van der Waals surface area contributed by atoms with Crippen molar-refractivity contribution in [1.29, 1.82) is 0 Å². The Morgan fingerprint density at radius 2 is 2.16 bits per heavy atom. The van der Waals surface area contributed by atoms with Gasteiger partial charge in [-0.25, -0.2) is 0 Å². The van der Waals surface area contributed by atoms with Gasteiger partial charge in [0.25, 0.3) is 0 Å². The molecule has 3 nitrogen and oxygen atoms in total. The van der Waals surface area contributed by atoms with Gasteiger partial charge < -0.3 is 5.32 Å². The second-order valence-electron chi connectivity index (χ2n) is 4.08. The van der Waals surface area contributed by atoms with Crippen LogP contribution in [0.15, 0.2) is 33.3 Å². The Kier molecular flexibility index (Phi) is 5.06. The molecule has 0 saturated heterocycles. The summed E-state index contributed by atoms with van der Waals surface area (Å²) in [6, 6.07) is 5.85. The third-order valence-electron chi connectivity index (χ3n) is 2.96. The minimum Gasteiger partial charge on any atom is -0.308 e. The molecule has 0 spiro atoms. The number of aromatic nitrogens is 2. The molecule has 1 aromatic carbocycles.